The number of aryl methyl sites for hydroxylation is 1. The van der Waals surface area contributed by atoms with E-state index < -0.39 is 21.9 Å². The largest absolute Gasteiger partial charge is 0.545 e. The van der Waals surface area contributed by atoms with Crippen LogP contribution in [0.2, 0.25) is 0 Å². The van der Waals surface area contributed by atoms with Crippen molar-refractivity contribution >= 4 is 56.3 Å². The molecule has 2 aromatic carbocycles. The number of sulfonamides is 1. The fourth-order valence-electron chi connectivity index (χ4n) is 2.30. The molecule has 7 nitrogen and oxygen atoms in total. The van der Waals surface area contributed by atoms with Crippen LogP contribution in [0.1, 0.15) is 21.5 Å². The van der Waals surface area contributed by atoms with E-state index in [0.717, 1.165) is 22.3 Å². The lowest BCUT2D eigenvalue weighted by Gasteiger charge is -2.16. The summed E-state index contributed by atoms with van der Waals surface area (Å²) in [6, 6.07) is 11.9. The Labute approximate surface area is 171 Å². The predicted molar refractivity (Wildman–Crippen MR) is 107 cm³/mol. The molecule has 0 aromatic heterocycles. The van der Waals surface area contributed by atoms with E-state index in [-0.39, 0.29) is 19.7 Å². The van der Waals surface area contributed by atoms with Gasteiger partial charge in [0.2, 0.25) is 0 Å². The fourth-order valence-corrected chi connectivity index (χ4v) is 4.61. The molecule has 1 N–H and O–H groups in total. The molecule has 144 valence electrons. The Balaban J connectivity index is 1.81. The van der Waals surface area contributed by atoms with Crippen molar-refractivity contribution in [2.45, 2.75) is 11.8 Å². The van der Waals surface area contributed by atoms with Crippen LogP contribution < -0.4 is 9.94 Å². The number of benzene rings is 2. The molecule has 1 heterocycles. The number of rotatable bonds is 5. The molecule has 1 amide bonds. The molecule has 2 aromatic rings. The van der Waals surface area contributed by atoms with Crippen LogP contribution in [0, 0.1) is 6.92 Å². The number of amides is 1. The lowest BCUT2D eigenvalue weighted by molar-refractivity contribution is -0.255. The topological polar surface area (TPSA) is 107 Å². The van der Waals surface area contributed by atoms with Gasteiger partial charge in [0.25, 0.3) is 15.9 Å². The van der Waals surface area contributed by atoms with Gasteiger partial charge in [-0.25, -0.2) is 13.4 Å². The molecule has 1 fully saturated rings. The zero-order chi connectivity index (χ0) is 20.5. The summed E-state index contributed by atoms with van der Waals surface area (Å²) < 4.78 is 25.0. The highest BCUT2D eigenvalue weighted by Gasteiger charge is 2.35. The van der Waals surface area contributed by atoms with E-state index in [0.29, 0.717) is 5.56 Å². The first-order valence-electron chi connectivity index (χ1n) is 7.86. The second kappa shape index (κ2) is 7.84. The van der Waals surface area contributed by atoms with E-state index in [1.54, 1.807) is 12.1 Å². The van der Waals surface area contributed by atoms with Crippen molar-refractivity contribution in [2.75, 3.05) is 0 Å². The molecule has 0 aliphatic carbocycles. The highest BCUT2D eigenvalue weighted by Crippen LogP contribution is 2.32. The molecule has 0 unspecified atom stereocenters. The van der Waals surface area contributed by atoms with Crippen LogP contribution in [0.25, 0.3) is 6.08 Å². The van der Waals surface area contributed by atoms with Crippen LogP contribution in [0.5, 0.6) is 0 Å². The number of thiocarbonyl (C=S) groups is 1. The number of hydrogen-bond donors (Lipinski definition) is 1. The minimum absolute atomic E-state index is 0.00833. The van der Waals surface area contributed by atoms with Gasteiger partial charge in [0.1, 0.15) is 0 Å². The summed E-state index contributed by atoms with van der Waals surface area (Å²) in [5.74, 6) is -1.92. The maximum Gasteiger partial charge on any atom is 0.281 e. The van der Waals surface area contributed by atoms with E-state index >= 15 is 0 Å². The van der Waals surface area contributed by atoms with Gasteiger partial charge in [0.15, 0.2) is 4.32 Å². The normalized spacial score (nSPS) is 16.0. The van der Waals surface area contributed by atoms with Crippen molar-refractivity contribution in [2.24, 2.45) is 0 Å². The number of hydrazine groups is 1. The van der Waals surface area contributed by atoms with Gasteiger partial charge in [0.05, 0.1) is 15.8 Å². The molecule has 0 radical (unpaired) electrons. The molecule has 1 saturated heterocycles. The van der Waals surface area contributed by atoms with Gasteiger partial charge >= 0.3 is 0 Å². The van der Waals surface area contributed by atoms with Crippen LogP contribution in [0.4, 0.5) is 0 Å². The molecule has 3 rings (SSSR count). The van der Waals surface area contributed by atoms with Crippen LogP contribution in [0.15, 0.2) is 58.3 Å². The molecule has 0 spiro atoms. The molecule has 10 heteroatoms. The second-order valence-electron chi connectivity index (χ2n) is 5.83. The zero-order valence-electron chi connectivity index (χ0n) is 14.4. The summed E-state index contributed by atoms with van der Waals surface area (Å²) in [4.78, 5) is 25.8. The van der Waals surface area contributed by atoms with Crippen molar-refractivity contribution in [3.05, 3.63) is 70.1 Å². The molecule has 0 bridgehead atoms. The van der Waals surface area contributed by atoms with Crippen molar-refractivity contribution < 1.29 is 23.1 Å². The lowest BCUT2D eigenvalue weighted by Crippen LogP contribution is -2.44. The van der Waals surface area contributed by atoms with Gasteiger partial charge in [-0.05, 0) is 36.3 Å². The standard InChI is InChI=1S/C18H14N2O5S3/c1-11-2-8-14(9-3-11)28(24,25)19-20-16(21)15(27-18(20)26)10-12-4-6-13(7-5-12)17(22)23/h2-10,19H,1H3,(H,22,23)/p-1/b15-10-. The van der Waals surface area contributed by atoms with E-state index in [1.807, 2.05) is 6.92 Å². The van der Waals surface area contributed by atoms with Gasteiger partial charge in [-0.15, -0.1) is 4.83 Å². The van der Waals surface area contributed by atoms with Crippen LogP contribution >= 0.6 is 24.0 Å². The smallest absolute Gasteiger partial charge is 0.281 e. The summed E-state index contributed by atoms with van der Waals surface area (Å²) >= 11 is 6.06. The lowest BCUT2D eigenvalue weighted by atomic mass is 10.1. The Morgan fingerprint density at radius 1 is 1.14 bits per heavy atom. The van der Waals surface area contributed by atoms with E-state index in [2.05, 4.69) is 4.83 Å². The molecule has 1 aliphatic rings. The molecule has 28 heavy (non-hydrogen) atoms. The van der Waals surface area contributed by atoms with Crippen LogP contribution in [-0.2, 0) is 14.8 Å². The first-order valence-corrected chi connectivity index (χ1v) is 10.6. The SMILES string of the molecule is Cc1ccc(S(=O)(=O)NN2C(=O)/C(=C/c3ccc(C(=O)[O-])cc3)SC2=S)cc1. The third-order valence-electron chi connectivity index (χ3n) is 3.78. The van der Waals surface area contributed by atoms with Crippen molar-refractivity contribution in [3.63, 3.8) is 0 Å². The maximum atomic E-state index is 12.6. The van der Waals surface area contributed by atoms with Gasteiger partial charge in [-0.1, -0.05) is 65.9 Å². The van der Waals surface area contributed by atoms with Crippen molar-refractivity contribution in [3.8, 4) is 0 Å². The number of thioether (sulfide) groups is 1. The Kier molecular flexibility index (Phi) is 5.66. The summed E-state index contributed by atoms with van der Waals surface area (Å²) in [6.07, 6.45) is 1.50. The molecular formula is C18H13N2O5S3-. The number of hydrogen-bond acceptors (Lipinski definition) is 7. The van der Waals surface area contributed by atoms with Gasteiger partial charge in [-0.3, -0.25) is 4.79 Å². The molecule has 0 atom stereocenters. The summed E-state index contributed by atoms with van der Waals surface area (Å²) in [5, 5.41) is 11.6. The number of carbonyl (C=O) groups is 2. The summed E-state index contributed by atoms with van der Waals surface area (Å²) in [5.41, 5.74) is 1.47. The van der Waals surface area contributed by atoms with Gasteiger partial charge < -0.3 is 9.90 Å². The summed E-state index contributed by atoms with van der Waals surface area (Å²) in [6.45, 7) is 1.83. The average Bonchev–Trinajstić information content (AvgIpc) is 2.89. The van der Waals surface area contributed by atoms with Gasteiger partial charge in [0, 0.05) is 0 Å². The van der Waals surface area contributed by atoms with E-state index in [4.69, 9.17) is 12.2 Å². The number of aromatic carboxylic acids is 1. The first-order chi connectivity index (χ1) is 13.2. The Hall–Kier alpha value is -2.53. The maximum absolute atomic E-state index is 12.6. The van der Waals surface area contributed by atoms with Crippen molar-refractivity contribution in [1.82, 2.24) is 9.84 Å². The van der Waals surface area contributed by atoms with Crippen LogP contribution in [0.3, 0.4) is 0 Å². The predicted octanol–water partition coefficient (Wildman–Crippen LogP) is 1.45. The minimum atomic E-state index is -3.98. The Morgan fingerprint density at radius 3 is 2.32 bits per heavy atom. The highest BCUT2D eigenvalue weighted by molar-refractivity contribution is 8.26. The highest BCUT2D eigenvalue weighted by atomic mass is 32.2. The van der Waals surface area contributed by atoms with Crippen LogP contribution in [-0.4, -0.2) is 29.6 Å². The number of nitrogens with one attached hydrogen (secondary N) is 1. The van der Waals surface area contributed by atoms with Crippen molar-refractivity contribution in [1.29, 1.82) is 0 Å². The first kappa shape index (κ1) is 20.2. The molecule has 0 saturated carbocycles. The van der Waals surface area contributed by atoms with E-state index in [1.165, 1.54) is 42.5 Å². The second-order valence-corrected chi connectivity index (χ2v) is 9.17. The van der Waals surface area contributed by atoms with Gasteiger partial charge in [-0.2, -0.15) is 0 Å². The zero-order valence-corrected chi connectivity index (χ0v) is 16.9. The average molecular weight is 434 g/mol. The van der Waals surface area contributed by atoms with E-state index in [9.17, 15) is 23.1 Å². The molecular weight excluding hydrogens is 420 g/mol. The number of carbonyl (C=O) groups excluding carboxylic acids is 2. The number of nitrogens with zero attached hydrogens (tertiary/aromatic N) is 1. The Morgan fingerprint density at radius 2 is 1.75 bits per heavy atom. The Bertz CT molecular complexity index is 1090. The third-order valence-corrected chi connectivity index (χ3v) is 6.40. The third kappa shape index (κ3) is 4.30. The quantitative estimate of drug-likeness (QED) is 0.562. The summed E-state index contributed by atoms with van der Waals surface area (Å²) in [7, 11) is -3.98. The monoisotopic (exact) mass is 433 g/mol. The fraction of sp³-hybridized carbons (Fsp3) is 0.0556. The number of carboxylic acid groups (broad SMARTS) is 1. The number of carboxylic acids is 1. The molecule has 1 aliphatic heterocycles. The minimum Gasteiger partial charge on any atom is -0.545 e.